The Bertz CT molecular complexity index is 714. The van der Waals surface area contributed by atoms with Crippen molar-refractivity contribution >= 4 is 11.5 Å². The van der Waals surface area contributed by atoms with Crippen molar-refractivity contribution in [2.75, 3.05) is 18.0 Å². The fourth-order valence-electron chi connectivity index (χ4n) is 3.83. The van der Waals surface area contributed by atoms with Gasteiger partial charge in [-0.3, -0.25) is 9.67 Å². The van der Waals surface area contributed by atoms with Crippen molar-refractivity contribution in [2.45, 2.75) is 32.2 Å². The molecule has 4 heteroatoms. The lowest BCUT2D eigenvalue weighted by Crippen LogP contribution is -2.42. The summed E-state index contributed by atoms with van der Waals surface area (Å²) in [5, 5.41) is 4.70. The summed E-state index contributed by atoms with van der Waals surface area (Å²) in [6.07, 6.45) is 3.81. The third-order valence-electron chi connectivity index (χ3n) is 4.84. The second-order valence-electron chi connectivity index (χ2n) is 6.31. The van der Waals surface area contributed by atoms with E-state index in [0.29, 0.717) is 6.04 Å². The van der Waals surface area contributed by atoms with Crippen molar-refractivity contribution in [1.82, 2.24) is 9.78 Å². The number of aliphatic imine (C=N–C) groups is 1. The largest absolute Gasteiger partial charge is 0.351 e. The SMILES string of the molecule is Cc1nn(C)c2c1C(c1ccccc1)=NCC1CCCCN21. The van der Waals surface area contributed by atoms with Gasteiger partial charge in [-0.25, -0.2) is 0 Å². The van der Waals surface area contributed by atoms with E-state index in [0.717, 1.165) is 24.5 Å². The summed E-state index contributed by atoms with van der Waals surface area (Å²) in [5.41, 5.74) is 4.60. The molecule has 2 aliphatic rings. The minimum absolute atomic E-state index is 0.517. The minimum Gasteiger partial charge on any atom is -0.351 e. The molecule has 1 unspecified atom stereocenters. The van der Waals surface area contributed by atoms with Crippen molar-refractivity contribution in [3.05, 3.63) is 47.2 Å². The van der Waals surface area contributed by atoms with E-state index < -0.39 is 0 Å². The van der Waals surface area contributed by atoms with Crippen LogP contribution in [0.4, 0.5) is 5.82 Å². The number of nitrogens with zero attached hydrogens (tertiary/aromatic N) is 4. The summed E-state index contributed by atoms with van der Waals surface area (Å²) >= 11 is 0. The van der Waals surface area contributed by atoms with Crippen LogP contribution < -0.4 is 4.90 Å². The predicted octanol–water partition coefficient (Wildman–Crippen LogP) is 2.94. The maximum atomic E-state index is 5.01. The lowest BCUT2D eigenvalue weighted by atomic mass is 10.0. The highest BCUT2D eigenvalue weighted by atomic mass is 15.4. The van der Waals surface area contributed by atoms with Crippen molar-refractivity contribution in [1.29, 1.82) is 0 Å². The van der Waals surface area contributed by atoms with Gasteiger partial charge in [0.1, 0.15) is 5.82 Å². The molecule has 0 saturated carbocycles. The fraction of sp³-hybridized carbons (Fsp3) is 0.444. The van der Waals surface area contributed by atoms with Crippen LogP contribution in [0.3, 0.4) is 0 Å². The molecule has 4 rings (SSSR count). The molecule has 114 valence electrons. The molecule has 0 bridgehead atoms. The molecule has 0 N–H and O–H groups in total. The van der Waals surface area contributed by atoms with Crippen LogP contribution in [0, 0.1) is 6.92 Å². The smallest absolute Gasteiger partial charge is 0.136 e. The second-order valence-corrected chi connectivity index (χ2v) is 6.31. The van der Waals surface area contributed by atoms with Crippen molar-refractivity contribution < 1.29 is 0 Å². The average Bonchev–Trinajstić information content (AvgIpc) is 2.74. The van der Waals surface area contributed by atoms with Crippen LogP contribution in [0.2, 0.25) is 0 Å². The maximum absolute atomic E-state index is 5.01. The highest BCUT2D eigenvalue weighted by molar-refractivity contribution is 6.16. The van der Waals surface area contributed by atoms with Gasteiger partial charge < -0.3 is 4.90 Å². The van der Waals surface area contributed by atoms with Gasteiger partial charge in [0.2, 0.25) is 0 Å². The zero-order valence-corrected chi connectivity index (χ0v) is 13.3. The van der Waals surface area contributed by atoms with E-state index in [1.807, 2.05) is 4.68 Å². The van der Waals surface area contributed by atoms with E-state index in [1.54, 1.807) is 0 Å². The van der Waals surface area contributed by atoms with E-state index in [4.69, 9.17) is 10.1 Å². The van der Waals surface area contributed by atoms with E-state index in [1.165, 1.54) is 36.2 Å². The fourth-order valence-corrected chi connectivity index (χ4v) is 3.83. The molecular formula is C18H22N4. The molecule has 3 heterocycles. The number of benzene rings is 1. The topological polar surface area (TPSA) is 33.4 Å². The van der Waals surface area contributed by atoms with Gasteiger partial charge in [-0.05, 0) is 26.2 Å². The highest BCUT2D eigenvalue weighted by Gasteiger charge is 2.32. The Morgan fingerprint density at radius 3 is 2.77 bits per heavy atom. The first-order valence-corrected chi connectivity index (χ1v) is 8.16. The van der Waals surface area contributed by atoms with Crippen molar-refractivity contribution in [3.63, 3.8) is 0 Å². The number of piperidine rings is 1. The maximum Gasteiger partial charge on any atom is 0.136 e. The lowest BCUT2D eigenvalue weighted by Gasteiger charge is -2.35. The molecule has 2 aliphatic heterocycles. The lowest BCUT2D eigenvalue weighted by molar-refractivity contribution is 0.458. The molecule has 1 aromatic carbocycles. The van der Waals surface area contributed by atoms with Crippen LogP contribution in [0.5, 0.6) is 0 Å². The van der Waals surface area contributed by atoms with E-state index in [2.05, 4.69) is 49.2 Å². The van der Waals surface area contributed by atoms with Gasteiger partial charge in [0, 0.05) is 25.2 Å². The van der Waals surface area contributed by atoms with Crippen molar-refractivity contribution in [3.8, 4) is 0 Å². The van der Waals surface area contributed by atoms with Crippen LogP contribution in [0.25, 0.3) is 0 Å². The predicted molar refractivity (Wildman–Crippen MR) is 89.9 cm³/mol. The van der Waals surface area contributed by atoms with Crippen molar-refractivity contribution in [2.24, 2.45) is 12.0 Å². The molecule has 22 heavy (non-hydrogen) atoms. The summed E-state index contributed by atoms with van der Waals surface area (Å²) in [4.78, 5) is 7.55. The van der Waals surface area contributed by atoms with Crippen LogP contribution in [-0.4, -0.2) is 34.6 Å². The zero-order valence-electron chi connectivity index (χ0n) is 13.3. The van der Waals surface area contributed by atoms with E-state index >= 15 is 0 Å². The number of hydrogen-bond acceptors (Lipinski definition) is 3. The average molecular weight is 294 g/mol. The molecule has 2 aromatic rings. The van der Waals surface area contributed by atoms with Gasteiger partial charge in [0.05, 0.1) is 23.5 Å². The number of fused-ring (bicyclic) bond motifs is 3. The molecular weight excluding hydrogens is 272 g/mol. The molecule has 1 fully saturated rings. The highest BCUT2D eigenvalue weighted by Crippen LogP contribution is 2.33. The molecule has 0 spiro atoms. The third-order valence-corrected chi connectivity index (χ3v) is 4.84. The second kappa shape index (κ2) is 5.27. The molecule has 0 amide bonds. The monoisotopic (exact) mass is 294 g/mol. The summed E-state index contributed by atoms with van der Waals surface area (Å²) < 4.78 is 2.05. The number of anilines is 1. The third kappa shape index (κ3) is 2.05. The molecule has 4 nitrogen and oxygen atoms in total. The van der Waals surface area contributed by atoms with E-state index in [-0.39, 0.29) is 0 Å². The Hall–Kier alpha value is -2.10. The Balaban J connectivity index is 1.91. The number of aromatic nitrogens is 2. The van der Waals surface area contributed by atoms with Gasteiger partial charge in [0.25, 0.3) is 0 Å². The minimum atomic E-state index is 0.517. The first kappa shape index (κ1) is 13.6. The zero-order chi connectivity index (χ0) is 15.1. The Morgan fingerprint density at radius 1 is 1.14 bits per heavy atom. The Labute approximate surface area is 131 Å². The van der Waals surface area contributed by atoms with Gasteiger partial charge >= 0.3 is 0 Å². The summed E-state index contributed by atoms with van der Waals surface area (Å²) in [7, 11) is 2.06. The van der Waals surface area contributed by atoms with E-state index in [9.17, 15) is 0 Å². The number of aryl methyl sites for hydroxylation is 2. The van der Waals surface area contributed by atoms with Gasteiger partial charge in [-0.15, -0.1) is 0 Å². The summed E-state index contributed by atoms with van der Waals surface area (Å²) in [5.74, 6) is 1.25. The Kier molecular flexibility index (Phi) is 3.25. The van der Waals surface area contributed by atoms with Crippen LogP contribution in [0.15, 0.2) is 35.3 Å². The number of rotatable bonds is 1. The summed E-state index contributed by atoms with van der Waals surface area (Å²) in [6.45, 7) is 4.11. The molecule has 1 aromatic heterocycles. The molecule has 1 saturated heterocycles. The molecule has 0 aliphatic carbocycles. The first-order chi connectivity index (χ1) is 10.8. The van der Waals surface area contributed by atoms with Crippen LogP contribution >= 0.6 is 0 Å². The standard InChI is InChI=1S/C18H22N4/c1-13-16-17(14-8-4-3-5-9-14)19-12-15-10-6-7-11-22(15)18(16)21(2)20-13/h3-5,8-9,15H,6-7,10-12H2,1-2H3. The van der Waals surface area contributed by atoms with Gasteiger partial charge in [0.15, 0.2) is 0 Å². The van der Waals surface area contributed by atoms with Gasteiger partial charge in [-0.2, -0.15) is 5.10 Å². The first-order valence-electron chi connectivity index (χ1n) is 8.16. The molecule has 0 radical (unpaired) electrons. The molecule has 1 atom stereocenters. The van der Waals surface area contributed by atoms with Crippen LogP contribution in [0.1, 0.15) is 36.1 Å². The van der Waals surface area contributed by atoms with Gasteiger partial charge in [-0.1, -0.05) is 30.3 Å². The normalized spacial score (nSPS) is 20.9. The van der Waals surface area contributed by atoms with Crippen LogP contribution in [-0.2, 0) is 7.05 Å². The Morgan fingerprint density at radius 2 is 1.95 bits per heavy atom. The number of hydrogen-bond donors (Lipinski definition) is 0. The summed E-state index contributed by atoms with van der Waals surface area (Å²) in [6, 6.07) is 11.0. The quantitative estimate of drug-likeness (QED) is 0.810.